The molecule has 0 aromatic rings. The molecule has 214 valence electrons. The molecule has 0 aromatic carbocycles. The van der Waals surface area contributed by atoms with Crippen molar-refractivity contribution in [2.75, 3.05) is 6.54 Å². The zero-order valence-corrected chi connectivity index (χ0v) is 23.5. The van der Waals surface area contributed by atoms with Gasteiger partial charge in [-0.05, 0) is 56.3 Å². The van der Waals surface area contributed by atoms with Crippen molar-refractivity contribution in [1.29, 1.82) is 0 Å². The Hall–Kier alpha value is -2.65. The molecule has 2 saturated carbocycles. The quantitative estimate of drug-likeness (QED) is 0.318. The van der Waals surface area contributed by atoms with Crippen LogP contribution < -0.4 is 21.7 Å². The van der Waals surface area contributed by atoms with Crippen molar-refractivity contribution in [3.8, 4) is 0 Å². The molecule has 5 N–H and O–H groups in total. The number of nitrogens with one attached hydrogen (secondary N) is 3. The number of carbonyl (C=O) groups excluding carboxylic acids is 5. The Morgan fingerprint density at radius 1 is 0.868 bits per heavy atom. The minimum absolute atomic E-state index is 0.000872. The number of amides is 5. The maximum atomic E-state index is 13.9. The van der Waals surface area contributed by atoms with Crippen molar-refractivity contribution in [2.24, 2.45) is 23.0 Å². The molecule has 3 rings (SSSR count). The van der Waals surface area contributed by atoms with E-state index >= 15 is 0 Å². The molecular formula is C28H47N5O5. The smallest absolute Gasteiger partial charge is 0.315 e. The number of Topliss-reactive ketones (excluding diaryl/α,β-unsaturated/α-hetero) is 1. The van der Waals surface area contributed by atoms with Crippen LogP contribution in [0.15, 0.2) is 0 Å². The Morgan fingerprint density at radius 3 is 2.08 bits per heavy atom. The van der Waals surface area contributed by atoms with Gasteiger partial charge in [0.25, 0.3) is 5.91 Å². The van der Waals surface area contributed by atoms with Gasteiger partial charge in [-0.1, -0.05) is 59.3 Å². The van der Waals surface area contributed by atoms with E-state index in [1.807, 2.05) is 27.7 Å². The minimum Gasteiger partial charge on any atom is -0.363 e. The molecule has 1 heterocycles. The topological polar surface area (TPSA) is 151 Å². The Bertz CT molecular complexity index is 891. The molecule has 0 aromatic heterocycles. The van der Waals surface area contributed by atoms with Crippen LogP contribution in [0.1, 0.15) is 98.3 Å². The fourth-order valence-corrected chi connectivity index (χ4v) is 5.66. The van der Waals surface area contributed by atoms with E-state index in [-0.39, 0.29) is 35.2 Å². The predicted molar refractivity (Wildman–Crippen MR) is 144 cm³/mol. The molecule has 3 aliphatic rings. The summed E-state index contributed by atoms with van der Waals surface area (Å²) in [5, 5.41) is 8.66. The van der Waals surface area contributed by atoms with E-state index in [0.717, 1.165) is 51.4 Å². The first-order chi connectivity index (χ1) is 17.9. The Balaban J connectivity index is 1.73. The highest BCUT2D eigenvalue weighted by molar-refractivity contribution is 6.37. The van der Waals surface area contributed by atoms with Crippen LogP contribution in [-0.4, -0.2) is 65.1 Å². The summed E-state index contributed by atoms with van der Waals surface area (Å²) < 4.78 is 0. The van der Waals surface area contributed by atoms with Crippen molar-refractivity contribution in [2.45, 2.75) is 122 Å². The Labute approximate surface area is 226 Å². The number of hydrogen-bond acceptors (Lipinski definition) is 5. The van der Waals surface area contributed by atoms with Gasteiger partial charge >= 0.3 is 6.03 Å². The number of rotatable bonds is 10. The Kier molecular flexibility index (Phi) is 10.2. The van der Waals surface area contributed by atoms with Gasteiger partial charge in [0.05, 0.1) is 6.04 Å². The largest absolute Gasteiger partial charge is 0.363 e. The number of primary amides is 1. The lowest BCUT2D eigenvalue weighted by atomic mass is 9.80. The lowest BCUT2D eigenvalue weighted by molar-refractivity contribution is -0.143. The fraction of sp³-hybridized carbons (Fsp3) is 0.821. The molecule has 3 fully saturated rings. The summed E-state index contributed by atoms with van der Waals surface area (Å²) in [4.78, 5) is 65.8. The first kappa shape index (κ1) is 29.9. The summed E-state index contributed by atoms with van der Waals surface area (Å²) in [6.07, 6.45) is 9.25. The molecule has 0 radical (unpaired) electrons. The van der Waals surface area contributed by atoms with Crippen LogP contribution in [0.3, 0.4) is 0 Å². The highest BCUT2D eigenvalue weighted by Gasteiger charge is 2.42. The molecule has 38 heavy (non-hydrogen) atoms. The van der Waals surface area contributed by atoms with Crippen molar-refractivity contribution >= 4 is 29.5 Å². The van der Waals surface area contributed by atoms with E-state index in [4.69, 9.17) is 5.73 Å². The number of ketones is 1. The van der Waals surface area contributed by atoms with Crippen molar-refractivity contribution in [1.82, 2.24) is 20.9 Å². The summed E-state index contributed by atoms with van der Waals surface area (Å²) in [5.41, 5.74) is 5.12. The molecule has 4 atom stereocenters. The molecule has 1 saturated heterocycles. The zero-order chi connectivity index (χ0) is 28.0. The van der Waals surface area contributed by atoms with Crippen molar-refractivity contribution in [3.05, 3.63) is 0 Å². The highest BCUT2D eigenvalue weighted by Crippen LogP contribution is 2.32. The summed E-state index contributed by atoms with van der Waals surface area (Å²) >= 11 is 0. The normalized spacial score (nSPS) is 23.1. The second kappa shape index (κ2) is 12.9. The van der Waals surface area contributed by atoms with Crippen molar-refractivity contribution < 1.29 is 24.0 Å². The van der Waals surface area contributed by atoms with E-state index < -0.39 is 35.7 Å². The van der Waals surface area contributed by atoms with Gasteiger partial charge in [-0.2, -0.15) is 0 Å². The number of nitrogens with two attached hydrogens (primary N) is 1. The standard InChI is InChI=1S/C28H47N5O5/c1-17(28(2,3)4)30-27(38)32-22(19-12-6-5-7-13-19)26(37)33-15-9-14-21(33)25(36)31-20(23(34)24(29)35)16-18-10-8-11-18/h17-22H,5-16H2,1-4H3,(H2,29,35)(H,31,36)(H2,30,32,38)/t17?,20?,21-,22-/m0/s1. The van der Waals surface area contributed by atoms with E-state index in [2.05, 4.69) is 16.0 Å². The van der Waals surface area contributed by atoms with Crippen LogP contribution in [-0.2, 0) is 19.2 Å². The number of carbonyl (C=O) groups is 5. The molecule has 2 unspecified atom stereocenters. The molecule has 10 nitrogen and oxygen atoms in total. The van der Waals surface area contributed by atoms with Gasteiger partial charge < -0.3 is 26.6 Å². The van der Waals surface area contributed by atoms with Crippen LogP contribution in [0.4, 0.5) is 4.79 Å². The average Bonchev–Trinajstić information content (AvgIpc) is 3.33. The monoisotopic (exact) mass is 533 g/mol. The van der Waals surface area contributed by atoms with Crippen LogP contribution >= 0.6 is 0 Å². The zero-order valence-electron chi connectivity index (χ0n) is 23.5. The average molecular weight is 534 g/mol. The number of nitrogens with zero attached hydrogens (tertiary/aromatic N) is 1. The van der Waals surface area contributed by atoms with Crippen LogP contribution in [0.25, 0.3) is 0 Å². The van der Waals surface area contributed by atoms with Crippen molar-refractivity contribution in [3.63, 3.8) is 0 Å². The maximum absolute atomic E-state index is 13.9. The first-order valence-electron chi connectivity index (χ1n) is 14.4. The van der Waals surface area contributed by atoms with Gasteiger partial charge in [0, 0.05) is 12.6 Å². The number of likely N-dealkylation sites (tertiary alicyclic amines) is 1. The van der Waals surface area contributed by atoms with Crippen LogP contribution in [0, 0.1) is 17.3 Å². The molecular weight excluding hydrogens is 486 g/mol. The third-order valence-corrected chi connectivity index (χ3v) is 8.83. The van der Waals surface area contributed by atoms with Crippen LogP contribution in [0.5, 0.6) is 0 Å². The van der Waals surface area contributed by atoms with Gasteiger partial charge in [-0.25, -0.2) is 4.79 Å². The molecule has 2 aliphatic carbocycles. The summed E-state index contributed by atoms with van der Waals surface area (Å²) in [5.74, 6) is -2.29. The molecule has 1 aliphatic heterocycles. The predicted octanol–water partition coefficient (Wildman–Crippen LogP) is 2.39. The first-order valence-corrected chi connectivity index (χ1v) is 14.4. The third-order valence-electron chi connectivity index (χ3n) is 8.83. The van der Waals surface area contributed by atoms with Gasteiger partial charge in [0.1, 0.15) is 12.1 Å². The molecule has 10 heteroatoms. The van der Waals surface area contributed by atoms with Gasteiger partial charge in [-0.15, -0.1) is 0 Å². The van der Waals surface area contributed by atoms with Crippen LogP contribution in [0.2, 0.25) is 0 Å². The van der Waals surface area contributed by atoms with E-state index in [1.165, 1.54) is 0 Å². The second-order valence-corrected chi connectivity index (χ2v) is 12.6. The van der Waals surface area contributed by atoms with Gasteiger partial charge in [0.15, 0.2) is 0 Å². The van der Waals surface area contributed by atoms with E-state index in [1.54, 1.807) is 4.90 Å². The fourth-order valence-electron chi connectivity index (χ4n) is 5.66. The van der Waals surface area contributed by atoms with Gasteiger partial charge in [0.2, 0.25) is 17.6 Å². The molecule has 5 amide bonds. The van der Waals surface area contributed by atoms with E-state index in [0.29, 0.717) is 25.8 Å². The Morgan fingerprint density at radius 2 is 1.53 bits per heavy atom. The summed E-state index contributed by atoms with van der Waals surface area (Å²) in [6, 6.07) is -2.94. The molecule has 0 bridgehead atoms. The lowest BCUT2D eigenvalue weighted by Gasteiger charge is -2.36. The van der Waals surface area contributed by atoms with E-state index in [9.17, 15) is 24.0 Å². The highest BCUT2D eigenvalue weighted by atomic mass is 16.2. The maximum Gasteiger partial charge on any atom is 0.315 e. The third kappa shape index (κ3) is 7.69. The number of urea groups is 1. The molecule has 0 spiro atoms. The number of hydrogen-bond donors (Lipinski definition) is 4. The summed E-state index contributed by atoms with van der Waals surface area (Å²) in [6.45, 7) is 8.45. The lowest BCUT2D eigenvalue weighted by Crippen LogP contribution is -2.59. The second-order valence-electron chi connectivity index (χ2n) is 12.6. The minimum atomic E-state index is -1.06. The van der Waals surface area contributed by atoms with Gasteiger partial charge in [-0.3, -0.25) is 19.2 Å². The summed E-state index contributed by atoms with van der Waals surface area (Å²) in [7, 11) is 0. The SMILES string of the molecule is CC(NC(=O)N[C@H](C(=O)N1CCC[C@H]1C(=O)NC(CC1CCC1)C(=O)C(N)=O)C1CCCCC1)C(C)(C)C.